The van der Waals surface area contributed by atoms with Crippen molar-refractivity contribution in [1.29, 1.82) is 0 Å². The molecule has 2 aromatic carbocycles. The Bertz CT molecular complexity index is 1030. The van der Waals surface area contributed by atoms with E-state index in [0.29, 0.717) is 35.7 Å². The minimum atomic E-state index is -0.223. The van der Waals surface area contributed by atoms with E-state index in [0.717, 1.165) is 12.8 Å². The van der Waals surface area contributed by atoms with Crippen LogP contribution in [0.4, 0.5) is 17.1 Å². The second kappa shape index (κ2) is 11.9. The molecule has 4 N–H and O–H groups in total. The third-order valence-electron chi connectivity index (χ3n) is 5.32. The number of carbonyl (C=O) groups excluding carboxylic acids is 4. The molecule has 0 saturated heterocycles. The zero-order valence-corrected chi connectivity index (χ0v) is 19.5. The molecule has 0 atom stereocenters. The van der Waals surface area contributed by atoms with Crippen LogP contribution in [0.25, 0.3) is 0 Å². The van der Waals surface area contributed by atoms with Crippen molar-refractivity contribution in [2.24, 2.45) is 0 Å². The standard InChI is InChI=1S/C25H31N5O4/c1-3-30(16-24(33)27-19-10-8-18(9-11-19)26-17(2)31)15-14-23(32)29-22-7-5-4-6-21(22)25(34)28-20-12-13-20/h4-11,20H,3,12-16H2,1-2H3,(H,26,31)(H,27,33)(H,28,34)(H,29,32). The molecular formula is C25H31N5O4. The number of likely N-dealkylation sites (N-methyl/N-ethyl adjacent to an activating group) is 1. The zero-order valence-electron chi connectivity index (χ0n) is 19.5. The van der Waals surface area contributed by atoms with E-state index in [9.17, 15) is 19.2 Å². The van der Waals surface area contributed by atoms with Crippen LogP contribution in [0.2, 0.25) is 0 Å². The van der Waals surface area contributed by atoms with Gasteiger partial charge in [0.25, 0.3) is 5.91 Å². The van der Waals surface area contributed by atoms with E-state index < -0.39 is 0 Å². The van der Waals surface area contributed by atoms with Gasteiger partial charge in [-0.3, -0.25) is 24.1 Å². The number of benzene rings is 2. The molecule has 1 fully saturated rings. The Labute approximate surface area is 199 Å². The normalized spacial score (nSPS) is 12.7. The second-order valence-electron chi connectivity index (χ2n) is 8.27. The summed E-state index contributed by atoms with van der Waals surface area (Å²) in [4.78, 5) is 50.3. The van der Waals surface area contributed by atoms with Crippen LogP contribution in [0.1, 0.15) is 43.5 Å². The Kier molecular flexibility index (Phi) is 8.75. The third-order valence-corrected chi connectivity index (χ3v) is 5.32. The largest absolute Gasteiger partial charge is 0.349 e. The number of para-hydroxylation sites is 1. The van der Waals surface area contributed by atoms with Crippen LogP contribution in [0.15, 0.2) is 48.5 Å². The first-order chi connectivity index (χ1) is 16.3. The van der Waals surface area contributed by atoms with E-state index in [1.807, 2.05) is 11.8 Å². The molecule has 0 bridgehead atoms. The first kappa shape index (κ1) is 24.9. The average Bonchev–Trinajstić information content (AvgIpc) is 3.62. The average molecular weight is 466 g/mol. The highest BCUT2D eigenvalue weighted by molar-refractivity contribution is 6.04. The molecule has 9 heteroatoms. The highest BCUT2D eigenvalue weighted by Gasteiger charge is 2.25. The molecule has 1 saturated carbocycles. The van der Waals surface area contributed by atoms with E-state index >= 15 is 0 Å². The van der Waals surface area contributed by atoms with Crippen molar-refractivity contribution < 1.29 is 19.2 Å². The van der Waals surface area contributed by atoms with Crippen LogP contribution in [0.5, 0.6) is 0 Å². The Morgan fingerprint density at radius 1 is 0.882 bits per heavy atom. The topological polar surface area (TPSA) is 120 Å². The molecule has 0 heterocycles. The fraction of sp³-hybridized carbons (Fsp3) is 0.360. The number of rotatable bonds is 11. The Hall–Kier alpha value is -3.72. The summed E-state index contributed by atoms with van der Waals surface area (Å²) in [6, 6.07) is 14.0. The maximum Gasteiger partial charge on any atom is 0.253 e. The van der Waals surface area contributed by atoms with Crippen molar-refractivity contribution in [3.05, 3.63) is 54.1 Å². The summed E-state index contributed by atoms with van der Waals surface area (Å²) < 4.78 is 0. The van der Waals surface area contributed by atoms with Gasteiger partial charge < -0.3 is 21.3 Å². The highest BCUT2D eigenvalue weighted by Crippen LogP contribution is 2.21. The van der Waals surface area contributed by atoms with Crippen molar-refractivity contribution >= 4 is 40.7 Å². The van der Waals surface area contributed by atoms with Crippen LogP contribution in [0, 0.1) is 0 Å². The molecule has 2 aromatic rings. The molecule has 3 rings (SSSR count). The molecule has 1 aliphatic carbocycles. The number of nitrogens with one attached hydrogen (secondary N) is 4. The SMILES string of the molecule is CCN(CCC(=O)Nc1ccccc1C(=O)NC1CC1)CC(=O)Nc1ccc(NC(C)=O)cc1. The first-order valence-corrected chi connectivity index (χ1v) is 11.4. The molecule has 180 valence electrons. The van der Waals surface area contributed by atoms with E-state index in [1.165, 1.54) is 6.92 Å². The molecule has 0 radical (unpaired) electrons. The van der Waals surface area contributed by atoms with Gasteiger partial charge in [-0.2, -0.15) is 0 Å². The zero-order chi connectivity index (χ0) is 24.5. The maximum absolute atomic E-state index is 12.5. The van der Waals surface area contributed by atoms with Gasteiger partial charge in [0.15, 0.2) is 0 Å². The molecule has 9 nitrogen and oxygen atoms in total. The van der Waals surface area contributed by atoms with Gasteiger partial charge in [0, 0.05) is 37.3 Å². The highest BCUT2D eigenvalue weighted by atomic mass is 16.2. The lowest BCUT2D eigenvalue weighted by atomic mass is 10.1. The molecule has 0 aliphatic heterocycles. The van der Waals surface area contributed by atoms with Crippen LogP contribution in [0.3, 0.4) is 0 Å². The van der Waals surface area contributed by atoms with Gasteiger partial charge in [0.05, 0.1) is 17.8 Å². The number of nitrogens with zero attached hydrogens (tertiary/aromatic N) is 1. The number of anilines is 3. The molecule has 0 unspecified atom stereocenters. The van der Waals surface area contributed by atoms with Crippen LogP contribution in [-0.4, -0.2) is 54.2 Å². The molecule has 0 spiro atoms. The van der Waals surface area contributed by atoms with Gasteiger partial charge in [0.2, 0.25) is 17.7 Å². The number of amides is 4. The Morgan fingerprint density at radius 2 is 1.53 bits per heavy atom. The summed E-state index contributed by atoms with van der Waals surface area (Å²) in [7, 11) is 0. The quantitative estimate of drug-likeness (QED) is 0.407. The number of hydrogen-bond acceptors (Lipinski definition) is 5. The van der Waals surface area contributed by atoms with Crippen LogP contribution >= 0.6 is 0 Å². The Morgan fingerprint density at radius 3 is 2.15 bits per heavy atom. The number of hydrogen-bond donors (Lipinski definition) is 4. The van der Waals surface area contributed by atoms with Crippen molar-refractivity contribution in [3.8, 4) is 0 Å². The van der Waals surface area contributed by atoms with E-state index in [1.54, 1.807) is 48.5 Å². The lowest BCUT2D eigenvalue weighted by Gasteiger charge is -2.20. The summed E-state index contributed by atoms with van der Waals surface area (Å²) in [5, 5.41) is 11.2. The van der Waals surface area contributed by atoms with E-state index in [2.05, 4.69) is 21.3 Å². The van der Waals surface area contributed by atoms with Crippen molar-refractivity contribution in [2.45, 2.75) is 39.2 Å². The minimum absolute atomic E-state index is 0.137. The summed E-state index contributed by atoms with van der Waals surface area (Å²) >= 11 is 0. The van der Waals surface area contributed by atoms with Crippen LogP contribution < -0.4 is 21.3 Å². The van der Waals surface area contributed by atoms with E-state index in [-0.39, 0.29) is 42.6 Å². The Balaban J connectivity index is 1.46. The second-order valence-corrected chi connectivity index (χ2v) is 8.27. The molecule has 4 amide bonds. The summed E-state index contributed by atoms with van der Waals surface area (Å²) in [6.07, 6.45) is 2.16. The fourth-order valence-electron chi connectivity index (χ4n) is 3.35. The van der Waals surface area contributed by atoms with Gasteiger partial charge >= 0.3 is 0 Å². The lowest BCUT2D eigenvalue weighted by molar-refractivity contribution is -0.119. The van der Waals surface area contributed by atoms with Gasteiger partial charge in [-0.15, -0.1) is 0 Å². The third kappa shape index (κ3) is 8.00. The summed E-state index contributed by atoms with van der Waals surface area (Å²) in [6.45, 7) is 4.48. The van der Waals surface area contributed by atoms with Crippen molar-refractivity contribution in [1.82, 2.24) is 10.2 Å². The predicted octanol–water partition coefficient (Wildman–Crippen LogP) is 2.83. The fourth-order valence-corrected chi connectivity index (χ4v) is 3.35. The summed E-state index contributed by atoms with van der Waals surface area (Å²) in [5.41, 5.74) is 2.19. The van der Waals surface area contributed by atoms with Gasteiger partial charge in [-0.25, -0.2) is 0 Å². The monoisotopic (exact) mass is 465 g/mol. The maximum atomic E-state index is 12.5. The smallest absolute Gasteiger partial charge is 0.253 e. The number of carbonyl (C=O) groups is 4. The molecular weight excluding hydrogens is 434 g/mol. The predicted molar refractivity (Wildman–Crippen MR) is 132 cm³/mol. The lowest BCUT2D eigenvalue weighted by Crippen LogP contribution is -2.35. The van der Waals surface area contributed by atoms with Gasteiger partial charge in [0.1, 0.15) is 0 Å². The first-order valence-electron chi connectivity index (χ1n) is 11.4. The van der Waals surface area contributed by atoms with Crippen molar-refractivity contribution in [2.75, 3.05) is 35.6 Å². The minimum Gasteiger partial charge on any atom is -0.349 e. The summed E-state index contributed by atoms with van der Waals surface area (Å²) in [5.74, 6) is -0.768. The van der Waals surface area contributed by atoms with Gasteiger partial charge in [-0.05, 0) is 55.8 Å². The molecule has 34 heavy (non-hydrogen) atoms. The molecule has 0 aromatic heterocycles. The van der Waals surface area contributed by atoms with Crippen molar-refractivity contribution in [3.63, 3.8) is 0 Å². The van der Waals surface area contributed by atoms with Gasteiger partial charge in [-0.1, -0.05) is 19.1 Å². The van der Waals surface area contributed by atoms with Crippen LogP contribution in [-0.2, 0) is 14.4 Å². The van der Waals surface area contributed by atoms with E-state index in [4.69, 9.17) is 0 Å². The molecule has 1 aliphatic rings.